The minimum Gasteiger partial charge on any atom is -0.448 e. The monoisotopic (exact) mass is 374 g/mol. The topological polar surface area (TPSA) is 141 Å². The lowest BCUT2D eigenvalue weighted by Gasteiger charge is -2.17. The second-order valence-electron chi connectivity index (χ2n) is 5.16. The van der Waals surface area contributed by atoms with E-state index in [2.05, 4.69) is 0 Å². The molecule has 1 unspecified atom stereocenters. The van der Waals surface area contributed by atoms with Crippen molar-refractivity contribution in [2.24, 2.45) is 12.8 Å². The average Bonchev–Trinajstić information content (AvgIpc) is 2.90. The molecule has 3 N–H and O–H groups in total. The van der Waals surface area contributed by atoms with E-state index in [1.165, 1.54) is 35.1 Å². The lowest BCUT2D eigenvalue weighted by atomic mass is 10.3. The Balaban J connectivity index is 3.01. The van der Waals surface area contributed by atoms with Crippen molar-refractivity contribution in [3.63, 3.8) is 0 Å². The van der Waals surface area contributed by atoms with Crippen molar-refractivity contribution in [3.05, 3.63) is 18.0 Å². The van der Waals surface area contributed by atoms with Gasteiger partial charge in [-0.15, -0.1) is 0 Å². The SMILES string of the molecule is CCN(CC)S(=O)(=O)c1cc(C(=O)OC(C)C(=O)NC(N)=O)n(C)c1. The van der Waals surface area contributed by atoms with E-state index >= 15 is 0 Å². The fourth-order valence-corrected chi connectivity index (χ4v) is 3.62. The summed E-state index contributed by atoms with van der Waals surface area (Å²) in [5.41, 5.74) is 4.76. The number of carbonyl (C=O) groups is 3. The van der Waals surface area contributed by atoms with Crippen molar-refractivity contribution in [3.8, 4) is 0 Å². The number of carbonyl (C=O) groups excluding carboxylic acids is 3. The van der Waals surface area contributed by atoms with Crippen LogP contribution >= 0.6 is 0 Å². The number of nitrogens with one attached hydrogen (secondary N) is 1. The van der Waals surface area contributed by atoms with Crippen LogP contribution < -0.4 is 11.1 Å². The van der Waals surface area contributed by atoms with E-state index in [1.807, 2.05) is 0 Å². The molecule has 25 heavy (non-hydrogen) atoms. The summed E-state index contributed by atoms with van der Waals surface area (Å²) >= 11 is 0. The first-order valence-corrected chi connectivity index (χ1v) is 8.96. The van der Waals surface area contributed by atoms with Gasteiger partial charge in [-0.1, -0.05) is 13.8 Å². The Morgan fingerprint density at radius 3 is 2.36 bits per heavy atom. The van der Waals surface area contributed by atoms with Gasteiger partial charge in [0.05, 0.1) is 0 Å². The van der Waals surface area contributed by atoms with E-state index in [-0.39, 0.29) is 23.7 Å². The highest BCUT2D eigenvalue weighted by atomic mass is 32.2. The molecule has 140 valence electrons. The first-order chi connectivity index (χ1) is 11.5. The van der Waals surface area contributed by atoms with Crippen LogP contribution in [0.1, 0.15) is 31.3 Å². The van der Waals surface area contributed by atoms with E-state index in [0.29, 0.717) is 0 Å². The summed E-state index contributed by atoms with van der Waals surface area (Å²) < 4.78 is 32.4. The van der Waals surface area contributed by atoms with Gasteiger partial charge in [-0.05, 0) is 13.0 Å². The highest BCUT2D eigenvalue weighted by molar-refractivity contribution is 7.89. The normalized spacial score (nSPS) is 12.7. The first kappa shape index (κ1) is 20.6. The van der Waals surface area contributed by atoms with Crippen LogP contribution in [-0.2, 0) is 26.6 Å². The number of nitrogens with zero attached hydrogens (tertiary/aromatic N) is 2. The van der Waals surface area contributed by atoms with E-state index in [9.17, 15) is 22.8 Å². The number of amides is 3. The molecule has 0 saturated heterocycles. The van der Waals surface area contributed by atoms with Crippen LogP contribution in [0.15, 0.2) is 17.2 Å². The van der Waals surface area contributed by atoms with Crippen LogP contribution in [0.3, 0.4) is 0 Å². The zero-order chi connectivity index (χ0) is 19.4. The number of imide groups is 1. The maximum absolute atomic E-state index is 12.5. The van der Waals surface area contributed by atoms with Gasteiger partial charge in [-0.25, -0.2) is 18.0 Å². The molecule has 1 atom stereocenters. The Hall–Kier alpha value is -2.40. The number of urea groups is 1. The summed E-state index contributed by atoms with van der Waals surface area (Å²) in [6.45, 7) is 5.25. The fraction of sp³-hybridized carbons (Fsp3) is 0.500. The van der Waals surface area contributed by atoms with Crippen LogP contribution in [0.2, 0.25) is 0 Å². The maximum Gasteiger partial charge on any atom is 0.355 e. The molecule has 1 aromatic heterocycles. The van der Waals surface area contributed by atoms with Crippen LogP contribution in [0.5, 0.6) is 0 Å². The molecule has 1 heterocycles. The molecule has 0 aromatic carbocycles. The lowest BCUT2D eigenvalue weighted by molar-refractivity contribution is -0.127. The molecule has 0 saturated carbocycles. The lowest BCUT2D eigenvalue weighted by Crippen LogP contribution is -2.42. The van der Waals surface area contributed by atoms with Crippen molar-refractivity contribution < 1.29 is 27.5 Å². The summed E-state index contributed by atoms with van der Waals surface area (Å²) in [5, 5.41) is 1.79. The second kappa shape index (κ2) is 8.12. The fourth-order valence-electron chi connectivity index (χ4n) is 2.09. The molecular formula is C14H22N4O6S. The summed E-state index contributed by atoms with van der Waals surface area (Å²) in [6, 6.07) is 0.105. The van der Waals surface area contributed by atoms with Crippen molar-refractivity contribution in [2.45, 2.75) is 31.8 Å². The third-order valence-electron chi connectivity index (χ3n) is 3.43. The van der Waals surface area contributed by atoms with Gasteiger partial charge >= 0.3 is 12.0 Å². The summed E-state index contributed by atoms with van der Waals surface area (Å²) in [7, 11) is -2.25. The molecule has 1 aromatic rings. The standard InChI is InChI=1S/C14H22N4O6S/c1-5-18(6-2)25(22,23)10-7-11(17(4)8-10)13(20)24-9(3)12(19)16-14(15)21/h7-9H,5-6H2,1-4H3,(H3,15,16,19,21). The smallest absolute Gasteiger partial charge is 0.355 e. The summed E-state index contributed by atoms with van der Waals surface area (Å²) in [6.07, 6.45) is 0.0102. The second-order valence-corrected chi connectivity index (χ2v) is 7.10. The minimum absolute atomic E-state index is 0.0514. The van der Waals surface area contributed by atoms with Gasteiger partial charge in [0, 0.05) is 26.3 Å². The Labute approximate surface area is 146 Å². The molecule has 10 nitrogen and oxygen atoms in total. The van der Waals surface area contributed by atoms with Gasteiger partial charge < -0.3 is 15.0 Å². The number of primary amides is 1. The molecule has 0 spiro atoms. The van der Waals surface area contributed by atoms with E-state index < -0.39 is 34.0 Å². The number of hydrogen-bond acceptors (Lipinski definition) is 6. The van der Waals surface area contributed by atoms with Gasteiger partial charge in [-0.3, -0.25) is 10.1 Å². The molecule has 0 aliphatic heterocycles. The third kappa shape index (κ3) is 4.79. The summed E-state index contributed by atoms with van der Waals surface area (Å²) in [4.78, 5) is 34.3. The number of sulfonamides is 1. The molecule has 0 radical (unpaired) electrons. The molecule has 1 rings (SSSR count). The predicted molar refractivity (Wildman–Crippen MR) is 88.1 cm³/mol. The van der Waals surface area contributed by atoms with Crippen molar-refractivity contribution in [2.75, 3.05) is 13.1 Å². The van der Waals surface area contributed by atoms with E-state index in [0.717, 1.165) is 0 Å². The zero-order valence-electron chi connectivity index (χ0n) is 14.5. The number of aromatic nitrogens is 1. The maximum atomic E-state index is 12.5. The molecule has 3 amide bonds. The van der Waals surface area contributed by atoms with Gasteiger partial charge in [0.1, 0.15) is 10.6 Å². The molecular weight excluding hydrogens is 352 g/mol. The van der Waals surface area contributed by atoms with Crippen LogP contribution in [-0.4, -0.2) is 54.4 Å². The Bertz CT molecular complexity index is 766. The Kier molecular flexibility index (Phi) is 6.70. The van der Waals surface area contributed by atoms with Crippen molar-refractivity contribution >= 4 is 27.9 Å². The first-order valence-electron chi connectivity index (χ1n) is 7.52. The number of nitrogens with two attached hydrogens (primary N) is 1. The molecule has 11 heteroatoms. The van der Waals surface area contributed by atoms with Gasteiger partial charge in [0.25, 0.3) is 5.91 Å². The number of hydrogen-bond donors (Lipinski definition) is 2. The zero-order valence-corrected chi connectivity index (χ0v) is 15.3. The quantitative estimate of drug-likeness (QED) is 0.633. The van der Waals surface area contributed by atoms with Crippen molar-refractivity contribution in [1.82, 2.24) is 14.2 Å². The predicted octanol–water partition coefficient (Wildman–Crippen LogP) is -0.204. The van der Waals surface area contributed by atoms with E-state index in [1.54, 1.807) is 19.2 Å². The summed E-state index contributed by atoms with van der Waals surface area (Å²) in [5.74, 6) is -1.79. The Morgan fingerprint density at radius 1 is 1.32 bits per heavy atom. The number of ether oxygens (including phenoxy) is 1. The van der Waals surface area contributed by atoms with Crippen LogP contribution in [0, 0.1) is 0 Å². The largest absolute Gasteiger partial charge is 0.448 e. The molecule has 0 bridgehead atoms. The van der Waals surface area contributed by atoms with Gasteiger partial charge in [0.2, 0.25) is 10.0 Å². The van der Waals surface area contributed by atoms with E-state index in [4.69, 9.17) is 10.5 Å². The highest BCUT2D eigenvalue weighted by Gasteiger charge is 2.27. The molecule has 0 aliphatic rings. The van der Waals surface area contributed by atoms with Crippen molar-refractivity contribution in [1.29, 1.82) is 0 Å². The minimum atomic E-state index is -3.73. The van der Waals surface area contributed by atoms with Gasteiger partial charge in [-0.2, -0.15) is 4.31 Å². The Morgan fingerprint density at radius 2 is 1.88 bits per heavy atom. The molecule has 0 aliphatic carbocycles. The van der Waals surface area contributed by atoms with Gasteiger partial charge in [0.15, 0.2) is 6.10 Å². The average molecular weight is 374 g/mol. The van der Waals surface area contributed by atoms with Crippen LogP contribution in [0.25, 0.3) is 0 Å². The van der Waals surface area contributed by atoms with Crippen LogP contribution in [0.4, 0.5) is 4.79 Å². The number of rotatable bonds is 7. The third-order valence-corrected chi connectivity index (χ3v) is 5.45. The highest BCUT2D eigenvalue weighted by Crippen LogP contribution is 2.19. The number of aryl methyl sites for hydroxylation is 1. The molecule has 0 fully saturated rings. The number of esters is 1.